The van der Waals surface area contributed by atoms with Gasteiger partial charge in [0.25, 0.3) is 0 Å². The van der Waals surface area contributed by atoms with E-state index in [0.29, 0.717) is 11.6 Å². The van der Waals surface area contributed by atoms with Crippen LogP contribution in [0.1, 0.15) is 32.6 Å². The standard InChI is InChI=1S/C14H29N3/c1-12-13(6-9-15-12)10-17(4)11-14(16(2)3)7-5-8-14/h12-13,15H,5-11H2,1-4H3. The molecule has 0 amide bonds. The number of likely N-dealkylation sites (N-methyl/N-ethyl adjacent to an activating group) is 2. The second-order valence-corrected chi connectivity index (χ2v) is 6.46. The van der Waals surface area contributed by atoms with Crippen LogP contribution >= 0.6 is 0 Å². The lowest BCUT2D eigenvalue weighted by atomic mass is 9.75. The van der Waals surface area contributed by atoms with Crippen LogP contribution in [0.2, 0.25) is 0 Å². The minimum atomic E-state index is 0.476. The van der Waals surface area contributed by atoms with Crippen molar-refractivity contribution in [1.82, 2.24) is 15.1 Å². The van der Waals surface area contributed by atoms with Gasteiger partial charge >= 0.3 is 0 Å². The summed E-state index contributed by atoms with van der Waals surface area (Å²) in [6.07, 6.45) is 5.51. The maximum Gasteiger partial charge on any atom is 0.0330 e. The molecular formula is C14H29N3. The molecule has 1 aliphatic carbocycles. The first-order chi connectivity index (χ1) is 8.03. The summed E-state index contributed by atoms with van der Waals surface area (Å²) in [6.45, 7) is 6.03. The Hall–Kier alpha value is -0.120. The van der Waals surface area contributed by atoms with Crippen molar-refractivity contribution < 1.29 is 0 Å². The first-order valence-electron chi connectivity index (χ1n) is 7.13. The Morgan fingerprint density at radius 3 is 2.35 bits per heavy atom. The molecule has 3 nitrogen and oxygen atoms in total. The molecule has 1 saturated carbocycles. The van der Waals surface area contributed by atoms with Crippen LogP contribution in [0.4, 0.5) is 0 Å². The van der Waals surface area contributed by atoms with Crippen LogP contribution in [0, 0.1) is 5.92 Å². The van der Waals surface area contributed by atoms with E-state index in [9.17, 15) is 0 Å². The first kappa shape index (κ1) is 13.3. The quantitative estimate of drug-likeness (QED) is 0.782. The third-order valence-corrected chi connectivity index (χ3v) is 5.03. The summed E-state index contributed by atoms with van der Waals surface area (Å²) in [6, 6.07) is 0.703. The van der Waals surface area contributed by atoms with Crippen molar-refractivity contribution in [3.05, 3.63) is 0 Å². The monoisotopic (exact) mass is 239 g/mol. The van der Waals surface area contributed by atoms with Crippen molar-refractivity contribution in [2.45, 2.75) is 44.2 Å². The SMILES string of the molecule is CC1NCCC1CN(C)CC1(N(C)C)CCC1. The molecule has 2 rings (SSSR count). The van der Waals surface area contributed by atoms with Crippen molar-refractivity contribution in [2.75, 3.05) is 40.8 Å². The van der Waals surface area contributed by atoms with Crippen molar-refractivity contribution in [1.29, 1.82) is 0 Å². The van der Waals surface area contributed by atoms with Gasteiger partial charge in [-0.25, -0.2) is 0 Å². The van der Waals surface area contributed by atoms with Gasteiger partial charge in [-0.05, 0) is 66.2 Å². The van der Waals surface area contributed by atoms with Gasteiger partial charge in [-0.2, -0.15) is 0 Å². The molecule has 2 aliphatic rings. The van der Waals surface area contributed by atoms with Crippen LogP contribution in [0.15, 0.2) is 0 Å². The van der Waals surface area contributed by atoms with Crippen molar-refractivity contribution in [3.8, 4) is 0 Å². The fraction of sp³-hybridized carbons (Fsp3) is 1.00. The molecule has 1 saturated heterocycles. The lowest BCUT2D eigenvalue weighted by Gasteiger charge is -2.49. The van der Waals surface area contributed by atoms with E-state index < -0.39 is 0 Å². The molecule has 1 N–H and O–H groups in total. The third kappa shape index (κ3) is 2.83. The topological polar surface area (TPSA) is 18.5 Å². The molecule has 0 bridgehead atoms. The Kier molecular flexibility index (Phi) is 4.11. The summed E-state index contributed by atoms with van der Waals surface area (Å²) in [5, 5.41) is 3.55. The summed E-state index contributed by atoms with van der Waals surface area (Å²) in [7, 11) is 6.79. The Morgan fingerprint density at radius 2 is 1.94 bits per heavy atom. The van der Waals surface area contributed by atoms with Crippen molar-refractivity contribution >= 4 is 0 Å². The molecule has 2 unspecified atom stereocenters. The molecular weight excluding hydrogens is 210 g/mol. The highest BCUT2D eigenvalue weighted by Gasteiger charge is 2.40. The Bertz CT molecular complexity index is 248. The molecule has 2 fully saturated rings. The average Bonchev–Trinajstić information content (AvgIpc) is 2.58. The molecule has 3 heteroatoms. The van der Waals surface area contributed by atoms with Crippen LogP contribution in [-0.4, -0.2) is 62.2 Å². The van der Waals surface area contributed by atoms with Gasteiger partial charge in [0.15, 0.2) is 0 Å². The summed E-state index contributed by atoms with van der Waals surface area (Å²) in [5.74, 6) is 0.847. The van der Waals surface area contributed by atoms with Crippen LogP contribution in [0.5, 0.6) is 0 Å². The van der Waals surface area contributed by atoms with Crippen molar-refractivity contribution in [2.24, 2.45) is 5.92 Å². The molecule has 1 aliphatic heterocycles. The second-order valence-electron chi connectivity index (χ2n) is 6.46. The zero-order valence-electron chi connectivity index (χ0n) is 12.0. The lowest BCUT2D eigenvalue weighted by molar-refractivity contribution is 0.0238. The number of rotatable bonds is 5. The largest absolute Gasteiger partial charge is 0.314 e. The van der Waals surface area contributed by atoms with E-state index in [2.05, 4.69) is 43.2 Å². The highest BCUT2D eigenvalue weighted by Crippen LogP contribution is 2.36. The fourth-order valence-electron chi connectivity index (χ4n) is 3.46. The predicted molar refractivity (Wildman–Crippen MR) is 73.3 cm³/mol. The van der Waals surface area contributed by atoms with E-state index >= 15 is 0 Å². The molecule has 1 heterocycles. The molecule has 0 aromatic heterocycles. The maximum atomic E-state index is 3.55. The smallest absolute Gasteiger partial charge is 0.0330 e. The van der Waals surface area contributed by atoms with Gasteiger partial charge in [0.05, 0.1) is 0 Å². The van der Waals surface area contributed by atoms with E-state index in [4.69, 9.17) is 0 Å². The first-order valence-corrected chi connectivity index (χ1v) is 7.13. The van der Waals surface area contributed by atoms with Crippen molar-refractivity contribution in [3.63, 3.8) is 0 Å². The summed E-state index contributed by atoms with van der Waals surface area (Å²) in [4.78, 5) is 5.01. The van der Waals surface area contributed by atoms with Gasteiger partial charge in [0, 0.05) is 24.7 Å². The summed E-state index contributed by atoms with van der Waals surface area (Å²) < 4.78 is 0. The normalized spacial score (nSPS) is 32.1. The lowest BCUT2D eigenvalue weighted by Crippen LogP contribution is -2.57. The highest BCUT2D eigenvalue weighted by atomic mass is 15.2. The van der Waals surface area contributed by atoms with Gasteiger partial charge in [0.1, 0.15) is 0 Å². The third-order valence-electron chi connectivity index (χ3n) is 5.03. The molecule has 0 aromatic carbocycles. The van der Waals surface area contributed by atoms with Gasteiger partial charge in [-0.1, -0.05) is 0 Å². The van der Waals surface area contributed by atoms with E-state index in [1.165, 1.54) is 45.3 Å². The van der Waals surface area contributed by atoms with Gasteiger partial charge in [0.2, 0.25) is 0 Å². The van der Waals surface area contributed by atoms with Gasteiger partial charge < -0.3 is 15.1 Å². The molecule has 17 heavy (non-hydrogen) atoms. The number of hydrogen-bond donors (Lipinski definition) is 1. The van der Waals surface area contributed by atoms with Crippen LogP contribution in [-0.2, 0) is 0 Å². The second kappa shape index (κ2) is 5.25. The molecule has 0 radical (unpaired) electrons. The number of nitrogens with one attached hydrogen (secondary N) is 1. The summed E-state index contributed by atoms with van der Waals surface area (Å²) in [5.41, 5.74) is 0.476. The van der Waals surface area contributed by atoms with E-state index in [0.717, 1.165) is 5.92 Å². The zero-order valence-corrected chi connectivity index (χ0v) is 12.0. The molecule has 2 atom stereocenters. The minimum Gasteiger partial charge on any atom is -0.314 e. The maximum absolute atomic E-state index is 3.55. The highest BCUT2D eigenvalue weighted by molar-refractivity contribution is 4.98. The fourth-order valence-corrected chi connectivity index (χ4v) is 3.46. The number of hydrogen-bond acceptors (Lipinski definition) is 3. The minimum absolute atomic E-state index is 0.476. The Labute approximate surface area is 107 Å². The van der Waals surface area contributed by atoms with Crippen LogP contribution in [0.25, 0.3) is 0 Å². The van der Waals surface area contributed by atoms with Crippen LogP contribution in [0.3, 0.4) is 0 Å². The van der Waals surface area contributed by atoms with Gasteiger partial charge in [-0.3, -0.25) is 0 Å². The zero-order chi connectivity index (χ0) is 12.5. The molecule has 0 spiro atoms. The molecule has 100 valence electrons. The number of nitrogens with zero attached hydrogens (tertiary/aromatic N) is 2. The van der Waals surface area contributed by atoms with E-state index in [1.54, 1.807) is 0 Å². The average molecular weight is 239 g/mol. The van der Waals surface area contributed by atoms with Gasteiger partial charge in [-0.15, -0.1) is 0 Å². The Balaban J connectivity index is 1.82. The molecule has 0 aromatic rings. The summed E-state index contributed by atoms with van der Waals surface area (Å²) >= 11 is 0. The van der Waals surface area contributed by atoms with Crippen LogP contribution < -0.4 is 5.32 Å². The Morgan fingerprint density at radius 1 is 1.24 bits per heavy atom. The predicted octanol–water partition coefficient (Wildman–Crippen LogP) is 1.40. The van der Waals surface area contributed by atoms with E-state index in [1.807, 2.05) is 0 Å². The van der Waals surface area contributed by atoms with E-state index in [-0.39, 0.29) is 0 Å².